The molecule has 0 amide bonds. The monoisotopic (exact) mass is 249 g/mol. The van der Waals surface area contributed by atoms with Gasteiger partial charge in [0.1, 0.15) is 11.3 Å². The van der Waals surface area contributed by atoms with Crippen LogP contribution in [0.3, 0.4) is 0 Å². The lowest BCUT2D eigenvalue weighted by atomic mass is 9.75. The van der Waals surface area contributed by atoms with Crippen LogP contribution >= 0.6 is 0 Å². The fourth-order valence-electron chi connectivity index (χ4n) is 2.40. The number of ketones is 1. The first-order valence-electron chi connectivity index (χ1n) is 6.40. The number of carbonyl (C=O) groups is 1. The number of methoxy groups -OCH3 is 1. The van der Waals surface area contributed by atoms with Gasteiger partial charge in [0.15, 0.2) is 5.78 Å². The predicted molar refractivity (Wildman–Crippen MR) is 74.3 cm³/mol. The molecule has 1 aliphatic rings. The first-order chi connectivity index (χ1) is 8.60. The highest BCUT2D eigenvalue weighted by molar-refractivity contribution is 5.93. The van der Waals surface area contributed by atoms with Crippen LogP contribution in [-0.2, 0) is 9.53 Å². The van der Waals surface area contributed by atoms with E-state index < -0.39 is 5.54 Å². The molecule has 1 N–H and O–H groups in total. The van der Waals surface area contributed by atoms with Crippen molar-refractivity contribution >= 4 is 5.78 Å². The summed E-state index contributed by atoms with van der Waals surface area (Å²) in [5, 5.41) is 3.17. The highest BCUT2D eigenvalue weighted by Crippen LogP contribution is 2.31. The number of carbonyl (C=O) groups excluding carboxylic acids is 1. The highest BCUT2D eigenvalue weighted by Gasteiger charge is 2.39. The standard InChI is InChI=1S/C15H23NO2/c1-5-13(18-4)10-9-12(2)15(16-3)11-7-6-8-14(15)17/h5,9-10,16H,2,6-8,11H2,1,3-4H3/b10-9-,13-5+/t15-/m0/s1. The molecule has 3 heteroatoms. The Morgan fingerprint density at radius 3 is 2.67 bits per heavy atom. The van der Waals surface area contributed by atoms with Gasteiger partial charge in [0.2, 0.25) is 0 Å². The molecule has 1 saturated carbocycles. The Bertz CT molecular complexity index is 382. The van der Waals surface area contributed by atoms with Gasteiger partial charge in [-0.1, -0.05) is 19.1 Å². The highest BCUT2D eigenvalue weighted by atomic mass is 16.5. The molecule has 1 rings (SSSR count). The maximum Gasteiger partial charge on any atom is 0.157 e. The summed E-state index contributed by atoms with van der Waals surface area (Å²) in [6.45, 7) is 5.97. The minimum atomic E-state index is -0.582. The summed E-state index contributed by atoms with van der Waals surface area (Å²) in [6, 6.07) is 0. The number of hydrogen-bond acceptors (Lipinski definition) is 3. The molecule has 0 saturated heterocycles. The Morgan fingerprint density at radius 2 is 2.17 bits per heavy atom. The molecule has 0 aliphatic heterocycles. The van der Waals surface area contributed by atoms with Crippen LogP contribution in [0.5, 0.6) is 0 Å². The van der Waals surface area contributed by atoms with Gasteiger partial charge in [-0.3, -0.25) is 4.79 Å². The quantitative estimate of drug-likeness (QED) is 0.601. The minimum Gasteiger partial charge on any atom is -0.497 e. The van der Waals surface area contributed by atoms with E-state index in [0.29, 0.717) is 6.42 Å². The summed E-state index contributed by atoms with van der Waals surface area (Å²) in [5.74, 6) is 1.01. The Morgan fingerprint density at radius 1 is 1.44 bits per heavy atom. The van der Waals surface area contributed by atoms with Crippen LogP contribution in [0.15, 0.2) is 36.1 Å². The second-order valence-electron chi connectivity index (χ2n) is 4.54. The van der Waals surface area contributed by atoms with Crippen LogP contribution in [0, 0.1) is 0 Å². The van der Waals surface area contributed by atoms with E-state index >= 15 is 0 Å². The van der Waals surface area contributed by atoms with Crippen molar-refractivity contribution in [2.24, 2.45) is 0 Å². The van der Waals surface area contributed by atoms with Crippen molar-refractivity contribution in [3.05, 3.63) is 36.1 Å². The van der Waals surface area contributed by atoms with Gasteiger partial charge >= 0.3 is 0 Å². The largest absolute Gasteiger partial charge is 0.497 e. The molecule has 1 atom stereocenters. The average molecular weight is 249 g/mol. The summed E-state index contributed by atoms with van der Waals surface area (Å²) in [6.07, 6.45) is 9.09. The van der Waals surface area contributed by atoms with E-state index in [9.17, 15) is 4.79 Å². The smallest absolute Gasteiger partial charge is 0.157 e. The number of ether oxygens (including phenoxy) is 1. The third-order valence-corrected chi connectivity index (χ3v) is 3.63. The van der Waals surface area contributed by atoms with Crippen molar-refractivity contribution in [3.63, 3.8) is 0 Å². The Labute approximate surface area is 110 Å². The van der Waals surface area contributed by atoms with Gasteiger partial charge in [0, 0.05) is 6.42 Å². The maximum atomic E-state index is 12.2. The number of allylic oxidation sites excluding steroid dienone is 2. The molecule has 0 aromatic heterocycles. The second kappa shape index (κ2) is 6.55. The zero-order valence-corrected chi connectivity index (χ0v) is 11.6. The van der Waals surface area contributed by atoms with Crippen molar-refractivity contribution < 1.29 is 9.53 Å². The van der Waals surface area contributed by atoms with E-state index in [1.165, 1.54) is 0 Å². The van der Waals surface area contributed by atoms with E-state index in [0.717, 1.165) is 30.6 Å². The number of rotatable bonds is 5. The lowest BCUT2D eigenvalue weighted by Crippen LogP contribution is -2.53. The molecule has 0 radical (unpaired) electrons. The molecule has 0 unspecified atom stereocenters. The van der Waals surface area contributed by atoms with Crippen molar-refractivity contribution in [1.29, 1.82) is 0 Å². The van der Waals surface area contributed by atoms with Gasteiger partial charge in [-0.25, -0.2) is 0 Å². The minimum absolute atomic E-state index is 0.241. The van der Waals surface area contributed by atoms with Crippen LogP contribution in [0.25, 0.3) is 0 Å². The summed E-state index contributed by atoms with van der Waals surface area (Å²) < 4.78 is 5.16. The maximum absolute atomic E-state index is 12.2. The van der Waals surface area contributed by atoms with E-state index in [1.807, 2.05) is 32.2 Å². The summed E-state index contributed by atoms with van der Waals surface area (Å²) in [4.78, 5) is 12.2. The first-order valence-corrected chi connectivity index (χ1v) is 6.40. The van der Waals surface area contributed by atoms with Gasteiger partial charge < -0.3 is 10.1 Å². The van der Waals surface area contributed by atoms with Gasteiger partial charge in [0.05, 0.1) is 7.11 Å². The normalized spacial score (nSPS) is 25.5. The summed E-state index contributed by atoms with van der Waals surface area (Å²) in [7, 11) is 3.46. The van der Waals surface area contributed by atoms with E-state index in [2.05, 4.69) is 11.9 Å². The molecule has 1 fully saturated rings. The zero-order valence-electron chi connectivity index (χ0n) is 11.6. The van der Waals surface area contributed by atoms with Crippen molar-refractivity contribution in [3.8, 4) is 0 Å². The first kappa shape index (κ1) is 14.7. The molecule has 18 heavy (non-hydrogen) atoms. The van der Waals surface area contributed by atoms with Crippen LogP contribution in [0.1, 0.15) is 32.6 Å². The van der Waals surface area contributed by atoms with Crippen molar-refractivity contribution in [1.82, 2.24) is 5.32 Å². The molecular weight excluding hydrogens is 226 g/mol. The fourth-order valence-corrected chi connectivity index (χ4v) is 2.40. The molecule has 0 spiro atoms. The topological polar surface area (TPSA) is 38.3 Å². The lowest BCUT2D eigenvalue weighted by molar-refractivity contribution is -0.125. The SMILES string of the molecule is C=C(/C=C\C(=C/C)OC)[C@@]1(NC)CCCCC1=O. The van der Waals surface area contributed by atoms with Crippen LogP contribution in [0.4, 0.5) is 0 Å². The predicted octanol–water partition coefficient (Wildman–Crippen LogP) is 2.75. The van der Waals surface area contributed by atoms with E-state index in [-0.39, 0.29) is 5.78 Å². The average Bonchev–Trinajstić information content (AvgIpc) is 2.40. The van der Waals surface area contributed by atoms with Crippen LogP contribution in [-0.4, -0.2) is 25.5 Å². The molecule has 0 aromatic rings. The van der Waals surface area contributed by atoms with Gasteiger partial charge in [-0.05, 0) is 44.5 Å². The number of nitrogens with one attached hydrogen (secondary N) is 1. The molecule has 3 nitrogen and oxygen atoms in total. The third-order valence-electron chi connectivity index (χ3n) is 3.63. The molecule has 0 aromatic carbocycles. The fraction of sp³-hybridized carbons (Fsp3) is 0.533. The van der Waals surface area contributed by atoms with Crippen LogP contribution in [0.2, 0.25) is 0 Å². The van der Waals surface area contributed by atoms with E-state index in [4.69, 9.17) is 4.74 Å². The molecule has 0 bridgehead atoms. The van der Waals surface area contributed by atoms with Gasteiger partial charge in [-0.15, -0.1) is 0 Å². The molecular formula is C15H23NO2. The molecule has 0 heterocycles. The van der Waals surface area contributed by atoms with Crippen molar-refractivity contribution in [2.45, 2.75) is 38.1 Å². The Balaban J connectivity index is 2.88. The van der Waals surface area contributed by atoms with Crippen molar-refractivity contribution in [2.75, 3.05) is 14.2 Å². The summed E-state index contributed by atoms with van der Waals surface area (Å²) in [5.41, 5.74) is 0.229. The van der Waals surface area contributed by atoms with Gasteiger partial charge in [-0.2, -0.15) is 0 Å². The number of likely N-dealkylation sites (N-methyl/N-ethyl adjacent to an activating group) is 1. The van der Waals surface area contributed by atoms with E-state index in [1.54, 1.807) is 7.11 Å². The lowest BCUT2D eigenvalue weighted by Gasteiger charge is -2.36. The Kier molecular flexibility index (Phi) is 5.35. The number of Topliss-reactive ketones (excluding diaryl/α,β-unsaturated/α-hetero) is 1. The number of hydrogen-bond donors (Lipinski definition) is 1. The zero-order chi connectivity index (χ0) is 13.6. The Hall–Kier alpha value is -1.35. The second-order valence-corrected chi connectivity index (χ2v) is 4.54. The van der Waals surface area contributed by atoms with Crippen LogP contribution < -0.4 is 5.32 Å². The summed E-state index contributed by atoms with van der Waals surface area (Å²) >= 11 is 0. The third kappa shape index (κ3) is 2.91. The van der Waals surface area contributed by atoms with Gasteiger partial charge in [0.25, 0.3) is 0 Å². The molecule has 100 valence electrons. The molecule has 1 aliphatic carbocycles.